The van der Waals surface area contributed by atoms with Crippen molar-refractivity contribution in [3.05, 3.63) is 94.3 Å². The molecular weight excluding hydrogens is 502 g/mol. The number of hydrogen-bond donors (Lipinski definition) is 3. The Morgan fingerprint density at radius 2 is 1.79 bits per heavy atom. The van der Waals surface area contributed by atoms with Gasteiger partial charge in [-0.05, 0) is 42.3 Å². The predicted molar refractivity (Wildman–Crippen MR) is 132 cm³/mol. The quantitative estimate of drug-likeness (QED) is 0.288. The van der Waals surface area contributed by atoms with Gasteiger partial charge in [0.25, 0.3) is 0 Å². The lowest BCUT2D eigenvalue weighted by molar-refractivity contribution is 0.0697. The van der Waals surface area contributed by atoms with Crippen LogP contribution in [0, 0.1) is 5.82 Å². The van der Waals surface area contributed by atoms with Gasteiger partial charge < -0.3 is 10.4 Å². The lowest BCUT2D eigenvalue weighted by Crippen LogP contribution is -2.24. The molecule has 34 heavy (non-hydrogen) atoms. The van der Waals surface area contributed by atoms with Crippen molar-refractivity contribution in [3.63, 3.8) is 0 Å². The van der Waals surface area contributed by atoms with E-state index in [2.05, 4.69) is 10.0 Å². The van der Waals surface area contributed by atoms with Gasteiger partial charge in [-0.3, -0.25) is 0 Å². The number of nitrogens with one attached hydrogen (secondary N) is 2. The van der Waals surface area contributed by atoms with Gasteiger partial charge in [0.2, 0.25) is 10.0 Å². The van der Waals surface area contributed by atoms with Crippen molar-refractivity contribution < 1.29 is 22.7 Å². The van der Waals surface area contributed by atoms with E-state index in [0.717, 1.165) is 11.6 Å². The van der Waals surface area contributed by atoms with Gasteiger partial charge in [0.1, 0.15) is 5.82 Å². The summed E-state index contributed by atoms with van der Waals surface area (Å²) in [4.78, 5) is 11.6. The van der Waals surface area contributed by atoms with Crippen LogP contribution in [0.2, 0.25) is 5.02 Å². The van der Waals surface area contributed by atoms with Gasteiger partial charge in [0.05, 0.1) is 10.5 Å². The number of carboxylic acid groups (broad SMARTS) is 1. The average Bonchev–Trinajstić information content (AvgIpc) is 2.81. The smallest absolute Gasteiger partial charge is 0.337 e. The molecule has 0 amide bonds. The van der Waals surface area contributed by atoms with E-state index in [9.17, 15) is 22.7 Å². The molecule has 0 radical (unpaired) electrons. The molecule has 0 heterocycles. The summed E-state index contributed by atoms with van der Waals surface area (Å²) in [6, 6.07) is 17.5. The average molecular weight is 525 g/mol. The van der Waals surface area contributed by atoms with E-state index in [0.29, 0.717) is 18.8 Å². The molecule has 3 aromatic rings. The monoisotopic (exact) mass is 524 g/mol. The standard InChI is InChI=1S/C24H23Cl2FN2O4S/c25-12-11-17(16-5-2-1-3-6-16)14-28-23-10-9-18(13-19(23)24(30)31)34(32,33)29-15-20-21(26)7-4-8-22(20)27/h1-10,13,17,28-29H,11-12,14-15H2,(H,30,31). The minimum Gasteiger partial charge on any atom is -0.478 e. The van der Waals surface area contributed by atoms with Crippen molar-refractivity contribution in [2.24, 2.45) is 0 Å². The molecule has 0 bridgehead atoms. The third-order valence-electron chi connectivity index (χ3n) is 5.30. The van der Waals surface area contributed by atoms with Crippen molar-refractivity contribution in [1.82, 2.24) is 4.72 Å². The second-order valence-corrected chi connectivity index (χ2v) is 10.1. The maximum Gasteiger partial charge on any atom is 0.337 e. The highest BCUT2D eigenvalue weighted by atomic mass is 35.5. The van der Waals surface area contributed by atoms with Gasteiger partial charge in [0, 0.05) is 41.2 Å². The van der Waals surface area contributed by atoms with Crippen LogP contribution in [0.4, 0.5) is 10.1 Å². The van der Waals surface area contributed by atoms with Crippen LogP contribution in [0.15, 0.2) is 71.6 Å². The molecule has 3 aromatic carbocycles. The molecule has 1 atom stereocenters. The van der Waals surface area contributed by atoms with Crippen LogP contribution in [0.5, 0.6) is 0 Å². The second-order valence-electron chi connectivity index (χ2n) is 7.50. The number of alkyl halides is 1. The number of benzene rings is 3. The minimum absolute atomic E-state index is 0.00395. The Balaban J connectivity index is 1.80. The van der Waals surface area contributed by atoms with Crippen LogP contribution in [0.3, 0.4) is 0 Å². The van der Waals surface area contributed by atoms with Crippen molar-refractivity contribution in [2.45, 2.75) is 23.8 Å². The highest BCUT2D eigenvalue weighted by Crippen LogP contribution is 2.25. The first-order valence-electron chi connectivity index (χ1n) is 10.4. The highest BCUT2D eigenvalue weighted by molar-refractivity contribution is 7.89. The number of carboxylic acids is 1. The summed E-state index contributed by atoms with van der Waals surface area (Å²) in [5.74, 6) is -1.46. The molecular formula is C24H23Cl2FN2O4S. The first-order valence-corrected chi connectivity index (χ1v) is 12.8. The molecule has 0 aromatic heterocycles. The summed E-state index contributed by atoms with van der Waals surface area (Å²) in [5.41, 5.74) is 1.13. The summed E-state index contributed by atoms with van der Waals surface area (Å²) in [6.45, 7) is 0.0283. The molecule has 0 fully saturated rings. The minimum atomic E-state index is -4.13. The van der Waals surface area contributed by atoms with Crippen molar-refractivity contribution >= 4 is 44.9 Å². The molecule has 0 aliphatic carbocycles. The molecule has 0 aliphatic rings. The SMILES string of the molecule is O=C(O)c1cc(S(=O)(=O)NCc2c(F)cccc2Cl)ccc1NCC(CCCl)c1ccccc1. The largest absolute Gasteiger partial charge is 0.478 e. The Kier molecular flexibility index (Phi) is 8.90. The fraction of sp³-hybridized carbons (Fsp3) is 0.208. The molecule has 6 nitrogen and oxygen atoms in total. The number of anilines is 1. The maximum atomic E-state index is 14.0. The van der Waals surface area contributed by atoms with E-state index in [4.69, 9.17) is 23.2 Å². The van der Waals surface area contributed by atoms with Gasteiger partial charge in [-0.25, -0.2) is 22.3 Å². The molecule has 0 spiro atoms. The van der Waals surface area contributed by atoms with Crippen LogP contribution in [0.1, 0.15) is 33.8 Å². The van der Waals surface area contributed by atoms with Crippen LogP contribution in [-0.4, -0.2) is 31.9 Å². The molecule has 0 saturated carbocycles. The molecule has 180 valence electrons. The van der Waals surface area contributed by atoms with E-state index in [1.54, 1.807) is 0 Å². The predicted octanol–water partition coefficient (Wildman–Crippen LogP) is 5.48. The van der Waals surface area contributed by atoms with Crippen molar-refractivity contribution in [2.75, 3.05) is 17.7 Å². The Hall–Kier alpha value is -2.65. The number of carbonyl (C=O) groups is 1. The third kappa shape index (κ3) is 6.48. The van der Waals surface area contributed by atoms with Crippen LogP contribution in [0.25, 0.3) is 0 Å². The van der Waals surface area contributed by atoms with Crippen LogP contribution < -0.4 is 10.0 Å². The van der Waals surface area contributed by atoms with Crippen molar-refractivity contribution in [3.8, 4) is 0 Å². The molecule has 10 heteroatoms. The molecule has 3 rings (SSSR count). The van der Waals surface area contributed by atoms with Gasteiger partial charge in [-0.1, -0.05) is 48.0 Å². The normalized spacial score (nSPS) is 12.3. The van der Waals surface area contributed by atoms with Gasteiger partial charge in [-0.15, -0.1) is 11.6 Å². The van der Waals surface area contributed by atoms with Crippen LogP contribution in [-0.2, 0) is 16.6 Å². The number of aromatic carboxylic acids is 1. The van der Waals surface area contributed by atoms with Gasteiger partial charge >= 0.3 is 5.97 Å². The molecule has 0 saturated heterocycles. The summed E-state index contributed by atoms with van der Waals surface area (Å²) in [5, 5.41) is 12.9. The number of hydrogen-bond acceptors (Lipinski definition) is 4. The van der Waals surface area contributed by atoms with E-state index in [1.165, 1.54) is 30.3 Å². The first-order chi connectivity index (χ1) is 16.2. The van der Waals surface area contributed by atoms with Crippen LogP contribution >= 0.6 is 23.2 Å². The van der Waals surface area contributed by atoms with Gasteiger partial charge in [0.15, 0.2) is 0 Å². The molecule has 3 N–H and O–H groups in total. The fourth-order valence-electron chi connectivity index (χ4n) is 3.45. The van der Waals surface area contributed by atoms with E-state index in [-0.39, 0.29) is 39.2 Å². The maximum absolute atomic E-state index is 14.0. The zero-order chi connectivity index (χ0) is 24.7. The summed E-state index contributed by atoms with van der Waals surface area (Å²) in [6.07, 6.45) is 0.677. The van der Waals surface area contributed by atoms with E-state index >= 15 is 0 Å². The Labute approximate surface area is 207 Å². The zero-order valence-electron chi connectivity index (χ0n) is 18.0. The van der Waals surface area contributed by atoms with Crippen molar-refractivity contribution in [1.29, 1.82) is 0 Å². The molecule has 0 aliphatic heterocycles. The van der Waals surface area contributed by atoms with Gasteiger partial charge in [-0.2, -0.15) is 0 Å². The highest BCUT2D eigenvalue weighted by Gasteiger charge is 2.21. The second kappa shape index (κ2) is 11.7. The fourth-order valence-corrected chi connectivity index (χ4v) is 4.96. The lowest BCUT2D eigenvalue weighted by Gasteiger charge is -2.19. The van der Waals surface area contributed by atoms with E-state index in [1.807, 2.05) is 30.3 Å². The Bertz CT molecular complexity index is 1240. The zero-order valence-corrected chi connectivity index (χ0v) is 20.3. The lowest BCUT2D eigenvalue weighted by atomic mass is 9.96. The Morgan fingerprint density at radius 1 is 1.06 bits per heavy atom. The third-order valence-corrected chi connectivity index (χ3v) is 7.27. The van der Waals surface area contributed by atoms with E-state index < -0.39 is 21.8 Å². The number of halogens is 3. The Morgan fingerprint density at radius 3 is 2.44 bits per heavy atom. The number of rotatable bonds is 11. The summed E-state index contributed by atoms with van der Waals surface area (Å²) >= 11 is 11.9. The first kappa shape index (κ1) is 26.0. The summed E-state index contributed by atoms with van der Waals surface area (Å²) < 4.78 is 41.7. The molecule has 1 unspecified atom stereocenters. The summed E-state index contributed by atoms with van der Waals surface area (Å²) in [7, 11) is -4.13. The number of sulfonamides is 1. The topological polar surface area (TPSA) is 95.5 Å².